The van der Waals surface area contributed by atoms with E-state index in [9.17, 15) is 4.79 Å². The fourth-order valence-electron chi connectivity index (χ4n) is 4.04. The summed E-state index contributed by atoms with van der Waals surface area (Å²) in [5.74, 6) is 0.657. The fourth-order valence-corrected chi connectivity index (χ4v) is 4.04. The summed E-state index contributed by atoms with van der Waals surface area (Å²) in [5.41, 5.74) is 10.2. The van der Waals surface area contributed by atoms with Gasteiger partial charge in [-0.25, -0.2) is 0 Å². The Morgan fingerprint density at radius 3 is 2.59 bits per heavy atom. The summed E-state index contributed by atoms with van der Waals surface area (Å²) in [6, 6.07) is 8.41. The van der Waals surface area contributed by atoms with Crippen molar-refractivity contribution >= 4 is 41.6 Å². The fraction of sp³-hybridized carbons (Fsp3) is 0.524. The highest BCUT2D eigenvalue weighted by Crippen LogP contribution is 2.40. The van der Waals surface area contributed by atoms with Crippen molar-refractivity contribution in [3.05, 3.63) is 41.1 Å². The molecule has 1 aliphatic carbocycles. The van der Waals surface area contributed by atoms with Gasteiger partial charge in [-0.3, -0.25) is 9.78 Å². The van der Waals surface area contributed by atoms with Gasteiger partial charge in [0.05, 0.1) is 11.1 Å². The van der Waals surface area contributed by atoms with Crippen LogP contribution in [0.3, 0.4) is 0 Å². The highest BCUT2D eigenvalue weighted by molar-refractivity contribution is 6.06. The average molecular weight is 410 g/mol. The molecule has 2 atom stereocenters. The van der Waals surface area contributed by atoms with Crippen LogP contribution in [-0.4, -0.2) is 34.4 Å². The van der Waals surface area contributed by atoms with Crippen LogP contribution in [-0.2, 0) is 0 Å². The number of halogens is 2. The van der Waals surface area contributed by atoms with Crippen LogP contribution >= 0.6 is 24.8 Å². The van der Waals surface area contributed by atoms with Gasteiger partial charge in [0.25, 0.3) is 5.91 Å². The third-order valence-electron chi connectivity index (χ3n) is 5.63. The predicted octanol–water partition coefficient (Wildman–Crippen LogP) is 4.61. The van der Waals surface area contributed by atoms with Gasteiger partial charge in [-0.2, -0.15) is 0 Å². The number of hydrogen-bond donors (Lipinski definition) is 1. The molecule has 2 aromatic rings. The highest BCUT2D eigenvalue weighted by atomic mass is 35.5. The first-order valence-corrected chi connectivity index (χ1v) is 9.52. The Bertz CT molecular complexity index is 820. The van der Waals surface area contributed by atoms with E-state index in [-0.39, 0.29) is 42.8 Å². The summed E-state index contributed by atoms with van der Waals surface area (Å²) in [6.45, 7) is 4.88. The molecule has 2 fully saturated rings. The van der Waals surface area contributed by atoms with Crippen LogP contribution in [0.25, 0.3) is 10.9 Å². The number of fused-ring (bicyclic) bond motifs is 1. The SMILES string of the molecule is Cc1ccc2nc(C3CC3)cc(C(=O)N3CCCCC3C(C)N)c2c1.Cl.Cl. The Morgan fingerprint density at radius 2 is 1.93 bits per heavy atom. The van der Waals surface area contributed by atoms with E-state index in [0.29, 0.717) is 5.92 Å². The van der Waals surface area contributed by atoms with E-state index in [0.717, 1.165) is 53.5 Å². The maximum Gasteiger partial charge on any atom is 0.254 e. The van der Waals surface area contributed by atoms with Crippen molar-refractivity contribution in [2.24, 2.45) is 5.73 Å². The Balaban J connectivity index is 0.00000131. The van der Waals surface area contributed by atoms with Gasteiger partial charge in [0.2, 0.25) is 0 Å². The summed E-state index contributed by atoms with van der Waals surface area (Å²) >= 11 is 0. The summed E-state index contributed by atoms with van der Waals surface area (Å²) < 4.78 is 0. The van der Waals surface area contributed by atoms with Crippen LogP contribution in [0.15, 0.2) is 24.3 Å². The Morgan fingerprint density at radius 1 is 1.19 bits per heavy atom. The quantitative estimate of drug-likeness (QED) is 0.804. The van der Waals surface area contributed by atoms with Crippen molar-refractivity contribution in [1.82, 2.24) is 9.88 Å². The largest absolute Gasteiger partial charge is 0.334 e. The van der Waals surface area contributed by atoms with Gasteiger partial charge in [-0.15, -0.1) is 24.8 Å². The minimum Gasteiger partial charge on any atom is -0.334 e. The molecule has 1 aromatic carbocycles. The highest BCUT2D eigenvalue weighted by Gasteiger charge is 2.32. The van der Waals surface area contributed by atoms with Crippen molar-refractivity contribution in [2.45, 2.75) is 64.0 Å². The third kappa shape index (κ3) is 4.39. The smallest absolute Gasteiger partial charge is 0.254 e. The Kier molecular flexibility index (Phi) is 7.12. The lowest BCUT2D eigenvalue weighted by molar-refractivity contribution is 0.0585. The maximum atomic E-state index is 13.5. The molecule has 0 radical (unpaired) electrons. The first-order valence-electron chi connectivity index (χ1n) is 9.52. The van der Waals surface area contributed by atoms with Gasteiger partial charge < -0.3 is 10.6 Å². The van der Waals surface area contributed by atoms with Crippen molar-refractivity contribution in [3.8, 4) is 0 Å². The summed E-state index contributed by atoms with van der Waals surface area (Å²) in [7, 11) is 0. The number of carbonyl (C=O) groups excluding carboxylic acids is 1. The molecule has 148 valence electrons. The molecule has 2 aliphatic rings. The molecule has 27 heavy (non-hydrogen) atoms. The van der Waals surface area contributed by atoms with Crippen molar-refractivity contribution in [3.63, 3.8) is 0 Å². The van der Waals surface area contributed by atoms with E-state index in [1.54, 1.807) is 0 Å². The number of carbonyl (C=O) groups is 1. The molecular weight excluding hydrogens is 381 g/mol. The van der Waals surface area contributed by atoms with Gasteiger partial charge in [0, 0.05) is 35.6 Å². The average Bonchev–Trinajstić information content (AvgIpc) is 3.45. The maximum absolute atomic E-state index is 13.5. The topological polar surface area (TPSA) is 59.2 Å². The van der Waals surface area contributed by atoms with Crippen LogP contribution < -0.4 is 5.73 Å². The summed E-state index contributed by atoms with van der Waals surface area (Å²) in [6.07, 6.45) is 5.58. The number of nitrogens with two attached hydrogens (primary N) is 1. The Hall–Kier alpha value is -1.36. The number of aryl methyl sites for hydroxylation is 1. The van der Waals surface area contributed by atoms with Crippen molar-refractivity contribution in [2.75, 3.05) is 6.54 Å². The zero-order valence-electron chi connectivity index (χ0n) is 16.0. The number of hydrogen-bond acceptors (Lipinski definition) is 3. The summed E-state index contributed by atoms with van der Waals surface area (Å²) in [4.78, 5) is 20.3. The number of nitrogens with zero attached hydrogens (tertiary/aromatic N) is 2. The second-order valence-corrected chi connectivity index (χ2v) is 7.81. The second kappa shape index (κ2) is 8.76. The van der Waals surface area contributed by atoms with Gasteiger partial charge in [0.15, 0.2) is 0 Å². The molecule has 6 heteroatoms. The standard InChI is InChI=1S/C21H27N3O.2ClH/c1-13-6-9-18-16(11-13)17(12-19(23-18)15-7-8-15)21(25)24-10-4-3-5-20(24)14(2)22;;/h6,9,11-12,14-15,20H,3-5,7-8,10,22H2,1-2H3;2*1H. The zero-order valence-corrected chi connectivity index (χ0v) is 17.6. The van der Waals surface area contributed by atoms with Gasteiger partial charge in [0.1, 0.15) is 0 Å². The number of aromatic nitrogens is 1. The summed E-state index contributed by atoms with van der Waals surface area (Å²) in [5, 5.41) is 0.975. The zero-order chi connectivity index (χ0) is 17.6. The number of likely N-dealkylation sites (tertiary alicyclic amines) is 1. The van der Waals surface area contributed by atoms with E-state index in [1.807, 2.05) is 17.9 Å². The molecule has 2 unspecified atom stereocenters. The number of pyridine rings is 1. The molecule has 2 heterocycles. The van der Waals surface area contributed by atoms with Crippen molar-refractivity contribution < 1.29 is 4.79 Å². The van der Waals surface area contributed by atoms with Crippen molar-refractivity contribution in [1.29, 1.82) is 0 Å². The van der Waals surface area contributed by atoms with Crippen LogP contribution in [0.2, 0.25) is 0 Å². The van der Waals surface area contributed by atoms with E-state index < -0.39 is 0 Å². The van der Waals surface area contributed by atoms with Crippen LogP contribution in [0.4, 0.5) is 0 Å². The minimum absolute atomic E-state index is 0. The lowest BCUT2D eigenvalue weighted by Crippen LogP contribution is -2.51. The van der Waals surface area contributed by atoms with Gasteiger partial charge in [-0.05, 0) is 64.2 Å². The second-order valence-electron chi connectivity index (χ2n) is 7.81. The molecule has 1 aliphatic heterocycles. The lowest BCUT2D eigenvalue weighted by atomic mass is 9.95. The van der Waals surface area contributed by atoms with Crippen LogP contribution in [0.5, 0.6) is 0 Å². The third-order valence-corrected chi connectivity index (χ3v) is 5.63. The van der Waals surface area contributed by atoms with Gasteiger partial charge >= 0.3 is 0 Å². The number of rotatable bonds is 3. The molecule has 4 rings (SSSR count). The van der Waals surface area contributed by atoms with E-state index >= 15 is 0 Å². The predicted molar refractivity (Wildman–Crippen MR) is 115 cm³/mol. The monoisotopic (exact) mass is 409 g/mol. The van der Waals surface area contributed by atoms with Crippen LogP contribution in [0, 0.1) is 6.92 Å². The molecule has 1 aromatic heterocycles. The van der Waals surface area contributed by atoms with E-state index in [1.165, 1.54) is 12.8 Å². The molecule has 2 N–H and O–H groups in total. The lowest BCUT2D eigenvalue weighted by Gasteiger charge is -2.38. The molecule has 1 saturated carbocycles. The van der Waals surface area contributed by atoms with E-state index in [4.69, 9.17) is 10.7 Å². The Labute approximate surface area is 173 Å². The van der Waals surface area contributed by atoms with E-state index in [2.05, 4.69) is 25.1 Å². The first-order chi connectivity index (χ1) is 12.0. The molecule has 4 nitrogen and oxygen atoms in total. The molecule has 0 bridgehead atoms. The first kappa shape index (κ1) is 21.9. The number of amides is 1. The molecule has 0 spiro atoms. The minimum atomic E-state index is 0. The normalized spacial score (nSPS) is 20.6. The molecular formula is C21H29Cl2N3O. The number of piperidine rings is 1. The van der Waals surface area contributed by atoms with Crippen LogP contribution in [0.1, 0.15) is 66.6 Å². The molecule has 1 saturated heterocycles. The van der Waals surface area contributed by atoms with Gasteiger partial charge in [-0.1, -0.05) is 11.6 Å². The number of benzene rings is 1. The molecule has 1 amide bonds.